The lowest BCUT2D eigenvalue weighted by atomic mass is 10.4. The van der Waals surface area contributed by atoms with Crippen molar-refractivity contribution in [1.29, 1.82) is 0 Å². The highest BCUT2D eigenvalue weighted by molar-refractivity contribution is 8.02. The Balaban J connectivity index is 3.04. The maximum atomic E-state index is 12.1. The first-order valence-corrected chi connectivity index (χ1v) is 8.23. The van der Waals surface area contributed by atoms with E-state index in [-0.39, 0.29) is 4.90 Å². The van der Waals surface area contributed by atoms with E-state index in [1.54, 1.807) is 6.07 Å². The minimum absolute atomic E-state index is 0.118. The van der Waals surface area contributed by atoms with Gasteiger partial charge in [0.15, 0.2) is 0 Å². The summed E-state index contributed by atoms with van der Waals surface area (Å²) in [6.45, 7) is -1.76. The van der Waals surface area contributed by atoms with Crippen molar-refractivity contribution in [1.82, 2.24) is 4.72 Å². The van der Waals surface area contributed by atoms with Crippen LogP contribution in [0.25, 0.3) is 0 Å². The van der Waals surface area contributed by atoms with E-state index < -0.39 is 32.7 Å². The van der Waals surface area contributed by atoms with Gasteiger partial charge in [-0.25, -0.2) is 4.21 Å². The Morgan fingerprint density at radius 3 is 2.16 bits per heavy atom. The van der Waals surface area contributed by atoms with Crippen LogP contribution in [0.15, 0.2) is 39.0 Å². The molecule has 0 saturated heterocycles. The van der Waals surface area contributed by atoms with Crippen molar-refractivity contribution in [3.63, 3.8) is 0 Å². The molecule has 1 N–H and O–H groups in total. The highest BCUT2D eigenvalue weighted by Gasteiger charge is 2.29. The first-order valence-electron chi connectivity index (χ1n) is 4.87. The minimum atomic E-state index is -4.70. The maximum Gasteiger partial charge on any atom is 0.402 e. The molecule has 0 aromatic heterocycles. The fraction of sp³-hybridized carbons (Fsp3) is 0.333. The number of hydrogen-bond acceptors (Lipinski definition) is 3. The lowest BCUT2D eigenvalue weighted by molar-refractivity contribution is -0.121. The zero-order valence-corrected chi connectivity index (χ0v) is 11.3. The van der Waals surface area contributed by atoms with Crippen LogP contribution < -0.4 is 4.72 Å². The van der Waals surface area contributed by atoms with Gasteiger partial charge in [-0.1, -0.05) is 22.0 Å². The largest absolute Gasteiger partial charge is 0.402 e. The second kappa shape index (κ2) is 5.47. The molecule has 1 aromatic carbocycles. The highest BCUT2D eigenvalue weighted by Crippen LogP contribution is 2.15. The second-order valence-corrected chi connectivity index (χ2v) is 7.51. The molecule has 19 heavy (non-hydrogen) atoms. The quantitative estimate of drug-likeness (QED) is 0.915. The lowest BCUT2D eigenvalue weighted by Crippen LogP contribution is -2.33. The summed E-state index contributed by atoms with van der Waals surface area (Å²) in [6, 6.07) is 7.42. The Labute approximate surface area is 109 Å². The van der Waals surface area contributed by atoms with Crippen molar-refractivity contribution >= 4 is 19.9 Å². The molecule has 108 valence electrons. The number of halogens is 3. The van der Waals surface area contributed by atoms with Crippen molar-refractivity contribution in [3.8, 4) is 0 Å². The summed E-state index contributed by atoms with van der Waals surface area (Å²) in [5.74, 6) is 0. The third-order valence-electron chi connectivity index (χ3n) is 1.88. The van der Waals surface area contributed by atoms with Gasteiger partial charge in [-0.2, -0.15) is 26.3 Å². The van der Waals surface area contributed by atoms with E-state index in [1.807, 2.05) is 0 Å². The fourth-order valence-electron chi connectivity index (χ4n) is 1.10. The third-order valence-corrected chi connectivity index (χ3v) is 5.45. The van der Waals surface area contributed by atoms with E-state index in [0.29, 0.717) is 0 Å². The van der Waals surface area contributed by atoms with Crippen LogP contribution in [-0.2, 0) is 19.9 Å². The van der Waals surface area contributed by atoms with Gasteiger partial charge in [-0.05, 0) is 12.1 Å². The predicted octanol–water partition coefficient (Wildman–Crippen LogP) is 1.54. The summed E-state index contributed by atoms with van der Waals surface area (Å²) in [5.41, 5.74) is 0. The molecule has 1 atom stereocenters. The molecule has 0 fully saturated rings. The van der Waals surface area contributed by atoms with Crippen LogP contribution in [0.2, 0.25) is 0 Å². The summed E-state index contributed by atoms with van der Waals surface area (Å²) in [7, 11) is -7.97. The third kappa shape index (κ3) is 5.57. The Hall–Kier alpha value is -1.13. The first kappa shape index (κ1) is 15.9. The van der Waals surface area contributed by atoms with E-state index in [1.165, 1.54) is 29.0 Å². The van der Waals surface area contributed by atoms with Crippen LogP contribution in [0.4, 0.5) is 13.2 Å². The minimum Gasteiger partial charge on any atom is -0.244 e. The molecule has 0 saturated carbocycles. The Morgan fingerprint density at radius 1 is 1.16 bits per heavy atom. The van der Waals surface area contributed by atoms with E-state index in [4.69, 9.17) is 0 Å². The first-order chi connectivity index (χ1) is 8.52. The van der Waals surface area contributed by atoms with Gasteiger partial charge in [0.05, 0.1) is 9.73 Å². The van der Waals surface area contributed by atoms with E-state index in [0.717, 1.165) is 6.26 Å². The van der Waals surface area contributed by atoms with Crippen molar-refractivity contribution in [2.45, 2.75) is 11.1 Å². The molecular formula is C9H11F3N2O3S2. The van der Waals surface area contributed by atoms with Crippen LogP contribution in [0, 0.1) is 0 Å². The van der Waals surface area contributed by atoms with Crippen LogP contribution in [0.3, 0.4) is 0 Å². The molecule has 0 aliphatic heterocycles. The molecule has 0 aliphatic carbocycles. The Kier molecular flexibility index (Phi) is 4.59. The zero-order valence-electron chi connectivity index (χ0n) is 9.72. The van der Waals surface area contributed by atoms with Crippen molar-refractivity contribution < 1.29 is 25.8 Å². The van der Waals surface area contributed by atoms with Crippen LogP contribution in [0.5, 0.6) is 0 Å². The molecule has 1 unspecified atom stereocenters. The van der Waals surface area contributed by atoms with Gasteiger partial charge in [-0.15, -0.1) is 0 Å². The van der Waals surface area contributed by atoms with E-state index >= 15 is 0 Å². The van der Waals surface area contributed by atoms with Gasteiger partial charge >= 0.3 is 16.4 Å². The molecule has 0 aliphatic rings. The number of nitrogens with zero attached hydrogens (tertiary/aromatic N) is 1. The molecule has 0 spiro atoms. The normalized spacial score (nSPS) is 15.8. The SMILES string of the molecule is CS(=O)(=NS(=O)(=O)NCC(F)(F)F)c1ccccc1. The van der Waals surface area contributed by atoms with Gasteiger partial charge in [-0.3, -0.25) is 0 Å². The van der Waals surface area contributed by atoms with Crippen LogP contribution in [0.1, 0.15) is 0 Å². The molecule has 0 heterocycles. The van der Waals surface area contributed by atoms with E-state index in [2.05, 4.69) is 3.77 Å². The van der Waals surface area contributed by atoms with Crippen molar-refractivity contribution in [2.24, 2.45) is 3.77 Å². The average molecular weight is 316 g/mol. The molecular weight excluding hydrogens is 305 g/mol. The van der Waals surface area contributed by atoms with Gasteiger partial charge < -0.3 is 0 Å². The lowest BCUT2D eigenvalue weighted by Gasteiger charge is -2.08. The van der Waals surface area contributed by atoms with Crippen molar-refractivity contribution in [3.05, 3.63) is 30.3 Å². The van der Waals surface area contributed by atoms with Gasteiger partial charge in [0, 0.05) is 11.2 Å². The summed E-state index contributed by atoms with van der Waals surface area (Å²) in [4.78, 5) is 0.118. The molecule has 5 nitrogen and oxygen atoms in total. The molecule has 10 heteroatoms. The van der Waals surface area contributed by atoms with Crippen molar-refractivity contribution in [2.75, 3.05) is 12.8 Å². The Morgan fingerprint density at radius 2 is 1.68 bits per heavy atom. The van der Waals surface area contributed by atoms with Crippen LogP contribution in [-0.4, -0.2) is 31.6 Å². The standard InChI is InChI=1S/C9H11F3N2O3S2/c1-18(15,8-5-3-2-4-6-8)14-19(16,17)13-7-9(10,11)12/h2-6,13H,7H2,1H3. The molecule has 1 rings (SSSR count). The number of benzene rings is 1. The summed E-state index contributed by atoms with van der Waals surface area (Å²) >= 11 is 0. The zero-order chi connectivity index (χ0) is 14.7. The Bertz CT molecular complexity index is 647. The highest BCUT2D eigenvalue weighted by atomic mass is 32.3. The number of hydrogen-bond donors (Lipinski definition) is 1. The van der Waals surface area contributed by atoms with Gasteiger partial charge in [0.2, 0.25) is 0 Å². The average Bonchev–Trinajstić information content (AvgIpc) is 2.26. The smallest absolute Gasteiger partial charge is 0.244 e. The predicted molar refractivity (Wildman–Crippen MR) is 64.2 cm³/mol. The molecule has 0 amide bonds. The summed E-state index contributed by atoms with van der Waals surface area (Å²) in [6.07, 6.45) is -3.67. The fourth-order valence-corrected chi connectivity index (χ4v) is 4.16. The number of nitrogens with one attached hydrogen (secondary N) is 1. The monoisotopic (exact) mass is 316 g/mol. The summed E-state index contributed by atoms with van der Waals surface area (Å²) < 4.78 is 74.6. The van der Waals surface area contributed by atoms with Gasteiger partial charge in [0.25, 0.3) is 0 Å². The molecule has 1 aromatic rings. The van der Waals surface area contributed by atoms with Crippen LogP contribution >= 0.6 is 0 Å². The maximum absolute atomic E-state index is 12.1. The van der Waals surface area contributed by atoms with Gasteiger partial charge in [0.1, 0.15) is 6.54 Å². The topological polar surface area (TPSA) is 75.6 Å². The molecule has 0 radical (unpaired) electrons. The number of alkyl halides is 3. The van der Waals surface area contributed by atoms with E-state index in [9.17, 15) is 25.8 Å². The summed E-state index contributed by atoms with van der Waals surface area (Å²) in [5, 5.41) is 0. The number of rotatable bonds is 4. The molecule has 0 bridgehead atoms. The second-order valence-electron chi connectivity index (χ2n) is 3.60.